The number of hydrogen-bond donors (Lipinski definition) is 3. The van der Waals surface area contributed by atoms with E-state index < -0.39 is 45.5 Å². The van der Waals surface area contributed by atoms with Crippen molar-refractivity contribution in [3.63, 3.8) is 0 Å². The number of sulfonamides is 1. The van der Waals surface area contributed by atoms with E-state index in [0.717, 1.165) is 0 Å². The summed E-state index contributed by atoms with van der Waals surface area (Å²) in [5.74, 6) is -3.17. The van der Waals surface area contributed by atoms with E-state index in [-0.39, 0.29) is 36.0 Å². The van der Waals surface area contributed by atoms with Crippen molar-refractivity contribution in [2.45, 2.75) is 17.9 Å². The normalized spacial score (nSPS) is 20.9. The molecule has 3 heterocycles. The average Bonchev–Trinajstić information content (AvgIpc) is 3.33. The molecule has 13 heteroatoms. The van der Waals surface area contributed by atoms with E-state index in [0.29, 0.717) is 11.3 Å². The Morgan fingerprint density at radius 2 is 1.97 bits per heavy atom. The number of carbonyl (C=O) groups is 3. The number of hydrogen-bond acceptors (Lipinski definition) is 6. The highest BCUT2D eigenvalue weighted by atomic mass is 32.2. The number of fused-ring (bicyclic) bond motifs is 2. The first kappa shape index (κ1) is 23.7. The number of ether oxygens (including phenoxy) is 1. The molecular weight excluding hydrogens is 469 g/mol. The number of amides is 3. The molecule has 1 aromatic heterocycles. The van der Waals surface area contributed by atoms with Gasteiger partial charge in [0.1, 0.15) is 10.7 Å². The van der Waals surface area contributed by atoms with Crippen LogP contribution in [0.3, 0.4) is 0 Å². The second kappa shape index (κ2) is 8.72. The number of rotatable bonds is 2. The van der Waals surface area contributed by atoms with Gasteiger partial charge in [0, 0.05) is 51.0 Å². The smallest absolute Gasteiger partial charge is 0.311 e. The van der Waals surface area contributed by atoms with Gasteiger partial charge in [0.15, 0.2) is 11.4 Å². The molecule has 0 saturated carbocycles. The zero-order chi connectivity index (χ0) is 24.8. The highest BCUT2D eigenvalue weighted by Gasteiger charge is 2.43. The van der Waals surface area contributed by atoms with E-state index in [1.807, 2.05) is 0 Å². The highest BCUT2D eigenvalue weighted by molar-refractivity contribution is 7.89. The maximum absolute atomic E-state index is 13.6. The van der Waals surface area contributed by atoms with E-state index in [2.05, 4.69) is 15.4 Å². The molecule has 0 aliphatic carbocycles. The second-order valence-corrected chi connectivity index (χ2v) is 9.97. The highest BCUT2D eigenvalue weighted by Crippen LogP contribution is 2.34. The summed E-state index contributed by atoms with van der Waals surface area (Å²) < 4.78 is 49.6. The fourth-order valence-corrected chi connectivity index (χ4v) is 5.62. The van der Waals surface area contributed by atoms with Crippen molar-refractivity contribution in [2.75, 3.05) is 32.1 Å². The summed E-state index contributed by atoms with van der Waals surface area (Å²) in [6.07, 6.45) is 1.27. The van der Waals surface area contributed by atoms with Gasteiger partial charge in [-0.2, -0.15) is 0 Å². The Bertz CT molecular complexity index is 1290. The van der Waals surface area contributed by atoms with Crippen LogP contribution in [-0.4, -0.2) is 68.4 Å². The molecule has 2 aromatic rings. The number of nitrogens with zero attached hydrogens (tertiary/aromatic N) is 2. The molecule has 0 radical (unpaired) electrons. The summed E-state index contributed by atoms with van der Waals surface area (Å²) in [4.78, 5) is 38.0. The van der Waals surface area contributed by atoms with Gasteiger partial charge in [-0.25, -0.2) is 17.5 Å². The van der Waals surface area contributed by atoms with Gasteiger partial charge in [-0.1, -0.05) is 0 Å². The minimum Gasteiger partial charge on any atom is -0.489 e. The van der Waals surface area contributed by atoms with Crippen LogP contribution in [-0.2, 0) is 26.7 Å². The molecule has 11 nitrogen and oxygen atoms in total. The number of carbonyl (C=O) groups excluding carboxylic acids is 3. The number of aryl methyl sites for hydroxylation is 2. The Morgan fingerprint density at radius 1 is 1.24 bits per heavy atom. The van der Waals surface area contributed by atoms with Gasteiger partial charge in [-0.15, -0.1) is 0 Å². The lowest BCUT2D eigenvalue weighted by atomic mass is 10.1. The van der Waals surface area contributed by atoms with Crippen LogP contribution in [0.1, 0.15) is 16.1 Å². The molecule has 0 spiro atoms. The summed E-state index contributed by atoms with van der Waals surface area (Å²) in [6, 6.07) is 3.41. The number of benzene rings is 1. The third kappa shape index (κ3) is 4.23. The lowest BCUT2D eigenvalue weighted by molar-refractivity contribution is -0.145. The predicted octanol–water partition coefficient (Wildman–Crippen LogP) is -0.0314. The second-order valence-electron chi connectivity index (χ2n) is 8.29. The topological polar surface area (TPSA) is 139 Å². The van der Waals surface area contributed by atoms with E-state index in [1.54, 1.807) is 6.92 Å². The van der Waals surface area contributed by atoms with Gasteiger partial charge >= 0.3 is 11.8 Å². The van der Waals surface area contributed by atoms with Crippen molar-refractivity contribution in [3.8, 4) is 5.75 Å². The Hall–Kier alpha value is -3.45. The van der Waals surface area contributed by atoms with Crippen LogP contribution in [0.4, 0.5) is 10.1 Å². The third-order valence-electron chi connectivity index (χ3n) is 5.92. The minimum absolute atomic E-state index is 0.0116. The van der Waals surface area contributed by atoms with Crippen LogP contribution in [0, 0.1) is 18.7 Å². The van der Waals surface area contributed by atoms with Crippen molar-refractivity contribution in [1.82, 2.24) is 19.5 Å². The van der Waals surface area contributed by atoms with Crippen molar-refractivity contribution in [3.05, 3.63) is 41.5 Å². The summed E-state index contributed by atoms with van der Waals surface area (Å²) in [7, 11) is -1.27. The zero-order valence-electron chi connectivity index (χ0n) is 18.7. The third-order valence-corrected chi connectivity index (χ3v) is 7.40. The van der Waals surface area contributed by atoms with E-state index in [9.17, 15) is 27.2 Å². The maximum atomic E-state index is 13.6. The van der Waals surface area contributed by atoms with Gasteiger partial charge < -0.3 is 24.8 Å². The molecule has 2 unspecified atom stereocenters. The number of anilines is 1. The van der Waals surface area contributed by atoms with Crippen LogP contribution >= 0.6 is 0 Å². The van der Waals surface area contributed by atoms with Gasteiger partial charge in [-0.05, 0) is 30.7 Å². The quantitative estimate of drug-likeness (QED) is 0.502. The molecule has 182 valence electrons. The molecule has 2 aliphatic rings. The molecule has 2 atom stereocenters. The molecule has 1 fully saturated rings. The SMILES string of the molecule is CNC(=O)C(=O)N1CC2COc3c(cn(C)c3C(=O)Nc3ccc(F)c(C)c3)S(=O)(=O)NC2C1. The molecule has 3 amide bonds. The molecule has 3 N–H and O–H groups in total. The molecular formula is C21H24FN5O6S. The standard InChI is InChI=1S/C21H24FN5O6S/c1-11-6-13(4-5-14(11)22)24-19(28)17-18-16(9-26(17)3)34(31,32)25-15-8-27(7-12(15)10-33-18)21(30)20(29)23-2/h4-6,9,12,15,25H,7-8,10H2,1-3H3,(H,23,29)(H,24,28). The van der Waals surface area contributed by atoms with E-state index >= 15 is 0 Å². The van der Waals surface area contributed by atoms with E-state index in [4.69, 9.17) is 4.74 Å². The van der Waals surface area contributed by atoms with Gasteiger partial charge in [0.25, 0.3) is 5.91 Å². The van der Waals surface area contributed by atoms with Crippen molar-refractivity contribution < 1.29 is 31.9 Å². The average molecular weight is 494 g/mol. The Kier molecular flexibility index (Phi) is 6.08. The summed E-state index contributed by atoms with van der Waals surface area (Å²) in [5, 5.41) is 4.89. The van der Waals surface area contributed by atoms with Gasteiger partial charge in [0.05, 0.1) is 6.61 Å². The summed E-state index contributed by atoms with van der Waals surface area (Å²) in [6.45, 7) is 1.69. The summed E-state index contributed by atoms with van der Waals surface area (Å²) in [5.41, 5.74) is 0.646. The lowest BCUT2D eigenvalue weighted by Crippen LogP contribution is -2.44. The minimum atomic E-state index is -4.12. The van der Waals surface area contributed by atoms with Crippen LogP contribution in [0.25, 0.3) is 0 Å². The van der Waals surface area contributed by atoms with Crippen LogP contribution in [0.5, 0.6) is 5.75 Å². The van der Waals surface area contributed by atoms with Gasteiger partial charge in [-0.3, -0.25) is 14.4 Å². The first-order chi connectivity index (χ1) is 16.0. The van der Waals surface area contributed by atoms with Crippen molar-refractivity contribution >= 4 is 33.4 Å². The molecule has 1 aromatic carbocycles. The fourth-order valence-electron chi connectivity index (χ4n) is 4.13. The van der Waals surface area contributed by atoms with Crippen LogP contribution in [0.15, 0.2) is 29.3 Å². The van der Waals surface area contributed by atoms with Crippen LogP contribution < -0.4 is 20.1 Å². The molecule has 0 bridgehead atoms. The van der Waals surface area contributed by atoms with E-state index in [1.165, 1.54) is 48.0 Å². The summed E-state index contributed by atoms with van der Waals surface area (Å²) >= 11 is 0. The number of nitrogens with one attached hydrogen (secondary N) is 3. The molecule has 34 heavy (non-hydrogen) atoms. The monoisotopic (exact) mass is 493 g/mol. The molecule has 2 aliphatic heterocycles. The first-order valence-electron chi connectivity index (χ1n) is 10.4. The maximum Gasteiger partial charge on any atom is 0.311 e. The number of aromatic nitrogens is 1. The Balaban J connectivity index is 1.62. The van der Waals surface area contributed by atoms with Crippen LogP contribution in [0.2, 0.25) is 0 Å². The number of halogens is 1. The first-order valence-corrected chi connectivity index (χ1v) is 11.9. The Labute approximate surface area is 195 Å². The molecule has 4 rings (SSSR count). The largest absolute Gasteiger partial charge is 0.489 e. The van der Waals surface area contributed by atoms with Crippen molar-refractivity contribution in [1.29, 1.82) is 0 Å². The zero-order valence-corrected chi connectivity index (χ0v) is 19.5. The van der Waals surface area contributed by atoms with Crippen molar-refractivity contribution in [2.24, 2.45) is 13.0 Å². The molecule has 1 saturated heterocycles. The number of likely N-dealkylation sites (N-methyl/N-ethyl adjacent to an activating group) is 1. The Morgan fingerprint density at radius 3 is 2.65 bits per heavy atom. The predicted molar refractivity (Wildman–Crippen MR) is 118 cm³/mol. The number of likely N-dealkylation sites (tertiary alicyclic amines) is 1. The lowest BCUT2D eigenvalue weighted by Gasteiger charge is -2.23. The fraction of sp³-hybridized carbons (Fsp3) is 0.381. The van der Waals surface area contributed by atoms with Gasteiger partial charge in [0.2, 0.25) is 10.0 Å².